The fourth-order valence-corrected chi connectivity index (χ4v) is 2.46. The SMILES string of the molecule is COCc1nc(Cl)cc(N2CCCN(C(C)=O)CC2)n1. The zero-order valence-corrected chi connectivity index (χ0v) is 12.6. The summed E-state index contributed by atoms with van der Waals surface area (Å²) in [6, 6.07) is 1.75. The molecule has 0 spiro atoms. The van der Waals surface area contributed by atoms with E-state index in [0.29, 0.717) is 24.1 Å². The number of ether oxygens (including phenoxy) is 1. The van der Waals surface area contributed by atoms with E-state index in [1.807, 2.05) is 4.90 Å². The van der Waals surface area contributed by atoms with Crippen LogP contribution >= 0.6 is 11.6 Å². The van der Waals surface area contributed by atoms with Crippen molar-refractivity contribution in [1.82, 2.24) is 14.9 Å². The molecule has 0 atom stereocenters. The van der Waals surface area contributed by atoms with Crippen LogP contribution < -0.4 is 4.90 Å². The molecule has 1 aromatic rings. The number of anilines is 1. The Morgan fingerprint density at radius 2 is 2.15 bits per heavy atom. The van der Waals surface area contributed by atoms with Crippen molar-refractivity contribution in [3.05, 3.63) is 17.0 Å². The Morgan fingerprint density at radius 3 is 2.85 bits per heavy atom. The average molecular weight is 299 g/mol. The van der Waals surface area contributed by atoms with Crippen LogP contribution in [0.2, 0.25) is 5.15 Å². The highest BCUT2D eigenvalue weighted by atomic mass is 35.5. The maximum atomic E-state index is 11.4. The second kappa shape index (κ2) is 6.85. The molecular formula is C13H19ClN4O2. The normalized spacial score (nSPS) is 16.1. The molecule has 1 aliphatic heterocycles. The lowest BCUT2D eigenvalue weighted by Crippen LogP contribution is -2.34. The summed E-state index contributed by atoms with van der Waals surface area (Å²) in [5, 5.41) is 0.412. The molecule has 0 aromatic carbocycles. The first-order valence-electron chi connectivity index (χ1n) is 6.63. The van der Waals surface area contributed by atoms with Crippen LogP contribution in [0.3, 0.4) is 0 Å². The number of amides is 1. The Hall–Kier alpha value is -1.40. The molecule has 0 radical (unpaired) electrons. The number of halogens is 1. The lowest BCUT2D eigenvalue weighted by molar-refractivity contribution is -0.128. The van der Waals surface area contributed by atoms with Gasteiger partial charge in [-0.1, -0.05) is 11.6 Å². The summed E-state index contributed by atoms with van der Waals surface area (Å²) in [4.78, 5) is 24.0. The summed E-state index contributed by atoms with van der Waals surface area (Å²) in [5.74, 6) is 1.48. The predicted octanol–water partition coefficient (Wildman–Crippen LogP) is 1.33. The molecule has 1 aliphatic rings. The van der Waals surface area contributed by atoms with Gasteiger partial charge in [0.15, 0.2) is 5.82 Å². The van der Waals surface area contributed by atoms with E-state index in [1.54, 1.807) is 20.1 Å². The first-order chi connectivity index (χ1) is 9.60. The summed E-state index contributed by atoms with van der Waals surface area (Å²) in [5.41, 5.74) is 0. The Balaban J connectivity index is 2.12. The minimum absolute atomic E-state index is 0.118. The molecule has 0 saturated carbocycles. The van der Waals surface area contributed by atoms with Crippen molar-refractivity contribution in [2.75, 3.05) is 38.2 Å². The van der Waals surface area contributed by atoms with Gasteiger partial charge in [0.2, 0.25) is 5.91 Å². The quantitative estimate of drug-likeness (QED) is 0.788. The lowest BCUT2D eigenvalue weighted by atomic mass is 10.3. The highest BCUT2D eigenvalue weighted by molar-refractivity contribution is 6.29. The molecule has 0 N–H and O–H groups in total. The third-order valence-electron chi connectivity index (χ3n) is 3.27. The number of hydrogen-bond acceptors (Lipinski definition) is 5. The van der Waals surface area contributed by atoms with Crippen LogP contribution in [-0.2, 0) is 16.1 Å². The largest absolute Gasteiger partial charge is 0.377 e. The molecule has 1 amide bonds. The van der Waals surface area contributed by atoms with Gasteiger partial charge in [-0.2, -0.15) is 0 Å². The Kier molecular flexibility index (Phi) is 5.14. The van der Waals surface area contributed by atoms with E-state index < -0.39 is 0 Å². The molecule has 7 heteroatoms. The monoisotopic (exact) mass is 298 g/mol. The predicted molar refractivity (Wildman–Crippen MR) is 76.8 cm³/mol. The highest BCUT2D eigenvalue weighted by Gasteiger charge is 2.18. The van der Waals surface area contributed by atoms with Crippen molar-refractivity contribution in [3.8, 4) is 0 Å². The summed E-state index contributed by atoms with van der Waals surface area (Å²) in [6.07, 6.45) is 0.917. The van der Waals surface area contributed by atoms with Crippen molar-refractivity contribution >= 4 is 23.3 Å². The maximum Gasteiger partial charge on any atom is 0.219 e. The number of nitrogens with zero attached hydrogens (tertiary/aromatic N) is 4. The molecule has 2 rings (SSSR count). The molecule has 2 heterocycles. The van der Waals surface area contributed by atoms with Gasteiger partial charge in [-0.15, -0.1) is 0 Å². The van der Waals surface area contributed by atoms with E-state index in [0.717, 1.165) is 31.9 Å². The number of hydrogen-bond donors (Lipinski definition) is 0. The first-order valence-corrected chi connectivity index (χ1v) is 7.01. The lowest BCUT2D eigenvalue weighted by Gasteiger charge is -2.22. The van der Waals surface area contributed by atoms with Crippen molar-refractivity contribution < 1.29 is 9.53 Å². The summed E-state index contributed by atoms with van der Waals surface area (Å²) in [6.45, 7) is 5.03. The van der Waals surface area contributed by atoms with Gasteiger partial charge >= 0.3 is 0 Å². The van der Waals surface area contributed by atoms with Crippen LogP contribution in [0.25, 0.3) is 0 Å². The van der Waals surface area contributed by atoms with Crippen LogP contribution in [-0.4, -0.2) is 54.1 Å². The van der Waals surface area contributed by atoms with E-state index in [-0.39, 0.29) is 5.91 Å². The van der Waals surface area contributed by atoms with Crippen LogP contribution in [0.4, 0.5) is 5.82 Å². The van der Waals surface area contributed by atoms with Gasteiger partial charge in [0, 0.05) is 46.3 Å². The molecule has 0 bridgehead atoms. The fourth-order valence-electron chi connectivity index (χ4n) is 2.27. The fraction of sp³-hybridized carbons (Fsp3) is 0.615. The molecule has 110 valence electrons. The van der Waals surface area contributed by atoms with E-state index >= 15 is 0 Å². The zero-order chi connectivity index (χ0) is 14.5. The van der Waals surface area contributed by atoms with Crippen LogP contribution in [0.5, 0.6) is 0 Å². The maximum absolute atomic E-state index is 11.4. The zero-order valence-electron chi connectivity index (χ0n) is 11.8. The smallest absolute Gasteiger partial charge is 0.219 e. The van der Waals surface area contributed by atoms with Gasteiger partial charge in [0.05, 0.1) is 0 Å². The van der Waals surface area contributed by atoms with E-state index in [2.05, 4.69) is 14.9 Å². The van der Waals surface area contributed by atoms with Gasteiger partial charge < -0.3 is 14.5 Å². The highest BCUT2D eigenvalue weighted by Crippen LogP contribution is 2.18. The third-order valence-corrected chi connectivity index (χ3v) is 3.46. The summed E-state index contributed by atoms with van der Waals surface area (Å²) < 4.78 is 5.04. The van der Waals surface area contributed by atoms with Crippen molar-refractivity contribution in [2.24, 2.45) is 0 Å². The van der Waals surface area contributed by atoms with Crippen LogP contribution in [0, 0.1) is 0 Å². The minimum atomic E-state index is 0.118. The number of rotatable bonds is 3. The van der Waals surface area contributed by atoms with E-state index in [4.69, 9.17) is 16.3 Å². The number of carbonyl (C=O) groups excluding carboxylic acids is 1. The molecule has 20 heavy (non-hydrogen) atoms. The van der Waals surface area contributed by atoms with Gasteiger partial charge in [0.25, 0.3) is 0 Å². The van der Waals surface area contributed by atoms with Gasteiger partial charge in [-0.3, -0.25) is 4.79 Å². The minimum Gasteiger partial charge on any atom is -0.377 e. The topological polar surface area (TPSA) is 58.6 Å². The van der Waals surface area contributed by atoms with Gasteiger partial charge in [0.1, 0.15) is 17.6 Å². The second-order valence-electron chi connectivity index (χ2n) is 4.74. The average Bonchev–Trinajstić information content (AvgIpc) is 2.64. The van der Waals surface area contributed by atoms with Crippen molar-refractivity contribution in [2.45, 2.75) is 20.0 Å². The molecule has 1 saturated heterocycles. The number of carbonyl (C=O) groups is 1. The molecule has 0 aliphatic carbocycles. The number of aromatic nitrogens is 2. The van der Waals surface area contributed by atoms with Crippen LogP contribution in [0.15, 0.2) is 6.07 Å². The van der Waals surface area contributed by atoms with Gasteiger partial charge in [-0.25, -0.2) is 9.97 Å². The van der Waals surface area contributed by atoms with Crippen LogP contribution in [0.1, 0.15) is 19.2 Å². The second-order valence-corrected chi connectivity index (χ2v) is 5.13. The Bertz CT molecular complexity index is 483. The third kappa shape index (κ3) is 3.80. The Morgan fingerprint density at radius 1 is 1.35 bits per heavy atom. The molecule has 1 aromatic heterocycles. The van der Waals surface area contributed by atoms with E-state index in [9.17, 15) is 4.79 Å². The molecule has 0 unspecified atom stereocenters. The standard InChI is InChI=1S/C13H19ClN4O2/c1-10(19)17-4-3-5-18(7-6-17)13-8-11(14)15-12(16-13)9-20-2/h8H,3-7,9H2,1-2H3. The summed E-state index contributed by atoms with van der Waals surface area (Å²) in [7, 11) is 1.60. The number of methoxy groups -OCH3 is 1. The van der Waals surface area contributed by atoms with Gasteiger partial charge in [-0.05, 0) is 6.42 Å². The van der Waals surface area contributed by atoms with E-state index in [1.165, 1.54) is 0 Å². The Labute approximate surface area is 123 Å². The van der Waals surface area contributed by atoms with Crippen molar-refractivity contribution in [3.63, 3.8) is 0 Å². The molecule has 1 fully saturated rings. The molecule has 6 nitrogen and oxygen atoms in total. The van der Waals surface area contributed by atoms with Crippen molar-refractivity contribution in [1.29, 1.82) is 0 Å². The molecular weight excluding hydrogens is 280 g/mol. The summed E-state index contributed by atoms with van der Waals surface area (Å²) >= 11 is 6.03. The first kappa shape index (κ1) is 15.0.